The Morgan fingerprint density at radius 2 is 1.64 bits per heavy atom. The van der Waals surface area contributed by atoms with E-state index in [0.717, 1.165) is 53.1 Å². The molecule has 44 heavy (non-hydrogen) atoms. The largest absolute Gasteiger partial charge is 0.490 e. The van der Waals surface area contributed by atoms with Crippen molar-refractivity contribution < 1.29 is 33.0 Å². The van der Waals surface area contributed by atoms with E-state index in [1.165, 1.54) is 11.3 Å². The number of alkyl halides is 3. The lowest BCUT2D eigenvalue weighted by atomic mass is 9.93. The van der Waals surface area contributed by atoms with Crippen LogP contribution in [0.3, 0.4) is 0 Å². The molecule has 0 saturated heterocycles. The van der Waals surface area contributed by atoms with Crippen LogP contribution in [0, 0.1) is 0 Å². The molecule has 0 radical (unpaired) electrons. The second-order valence-electron chi connectivity index (χ2n) is 11.2. The van der Waals surface area contributed by atoms with Crippen LogP contribution in [0.25, 0.3) is 21.6 Å². The van der Waals surface area contributed by atoms with Crippen LogP contribution in [0.15, 0.2) is 48.8 Å². The molecule has 1 fully saturated rings. The number of carboxylic acid groups (broad SMARTS) is 1. The molecule has 4 aromatic heterocycles. The van der Waals surface area contributed by atoms with Gasteiger partial charge in [-0.1, -0.05) is 17.4 Å². The fourth-order valence-corrected chi connectivity index (χ4v) is 5.12. The Labute approximate surface area is 255 Å². The van der Waals surface area contributed by atoms with Crippen molar-refractivity contribution in [3.8, 4) is 11.3 Å². The number of halogens is 3. The summed E-state index contributed by atoms with van der Waals surface area (Å²) in [6, 6.07) is 11.7. The summed E-state index contributed by atoms with van der Waals surface area (Å²) >= 11 is 1.44. The number of fused-ring (bicyclic) bond motifs is 1. The van der Waals surface area contributed by atoms with Gasteiger partial charge in [0.1, 0.15) is 22.0 Å². The number of amides is 1. The Hall–Kier alpha value is -4.37. The Bertz CT molecular complexity index is 1620. The summed E-state index contributed by atoms with van der Waals surface area (Å²) in [7, 11) is 0. The summed E-state index contributed by atoms with van der Waals surface area (Å²) < 4.78 is 31.7. The number of hydrogen-bond acceptors (Lipinski definition) is 10. The monoisotopic (exact) mass is 631 g/mol. The maximum absolute atomic E-state index is 12.6. The number of rotatable bonds is 6. The molecule has 4 heterocycles. The Balaban J connectivity index is 0.000000566. The second kappa shape index (κ2) is 13.5. The minimum Gasteiger partial charge on any atom is -0.475 e. The highest BCUT2D eigenvalue weighted by Gasteiger charge is 2.38. The van der Waals surface area contributed by atoms with Gasteiger partial charge < -0.3 is 26.2 Å². The van der Waals surface area contributed by atoms with Crippen LogP contribution < -0.4 is 16.0 Å². The summed E-state index contributed by atoms with van der Waals surface area (Å²) in [5.74, 6) is -1.43. The summed E-state index contributed by atoms with van der Waals surface area (Å²) in [5.41, 5.74) is 2.43. The highest BCUT2D eigenvalue weighted by molar-refractivity contribution is 7.21. The first kappa shape index (κ1) is 32.5. The first-order valence-electron chi connectivity index (χ1n) is 13.7. The number of anilines is 3. The maximum atomic E-state index is 12.6. The van der Waals surface area contributed by atoms with Crippen LogP contribution in [-0.4, -0.2) is 65.9 Å². The van der Waals surface area contributed by atoms with Gasteiger partial charge >= 0.3 is 12.1 Å². The van der Waals surface area contributed by atoms with Crippen molar-refractivity contribution in [1.82, 2.24) is 25.3 Å². The molecular formula is C29H32F3N7O4S. The molecule has 1 saturated carbocycles. The smallest absolute Gasteiger partial charge is 0.475 e. The second-order valence-corrected chi connectivity index (χ2v) is 12.2. The third kappa shape index (κ3) is 9.31. The normalized spacial score (nSPS) is 16.9. The van der Waals surface area contributed by atoms with Gasteiger partial charge in [-0.05, 0) is 76.8 Å². The summed E-state index contributed by atoms with van der Waals surface area (Å²) in [4.78, 5) is 40.6. The van der Waals surface area contributed by atoms with Gasteiger partial charge in [0, 0.05) is 29.5 Å². The van der Waals surface area contributed by atoms with Gasteiger partial charge in [0.15, 0.2) is 5.13 Å². The number of aliphatic carboxylic acids is 1. The molecule has 0 bridgehead atoms. The van der Waals surface area contributed by atoms with E-state index in [4.69, 9.17) is 14.9 Å². The SMILES string of the molecule is CC(C)(C)NC(=O)c1cncc(-c2ccc3nc(Nc4cccc(N[C@H]5CC[C@H](O)CC5)n4)sc3n2)c1.O=C(O)C(F)(F)F. The summed E-state index contributed by atoms with van der Waals surface area (Å²) in [6.45, 7) is 5.83. The first-order valence-corrected chi connectivity index (χ1v) is 14.5. The maximum Gasteiger partial charge on any atom is 0.490 e. The van der Waals surface area contributed by atoms with E-state index in [0.29, 0.717) is 22.6 Å². The number of carbonyl (C=O) groups excluding carboxylic acids is 1. The highest BCUT2D eigenvalue weighted by Crippen LogP contribution is 2.30. The van der Waals surface area contributed by atoms with E-state index in [9.17, 15) is 23.1 Å². The summed E-state index contributed by atoms with van der Waals surface area (Å²) in [6.07, 6.45) is 1.52. The van der Waals surface area contributed by atoms with Crippen molar-refractivity contribution >= 4 is 50.3 Å². The first-order chi connectivity index (χ1) is 20.7. The van der Waals surface area contributed by atoms with E-state index in [-0.39, 0.29) is 17.6 Å². The van der Waals surface area contributed by atoms with Gasteiger partial charge in [0.05, 0.1) is 17.4 Å². The van der Waals surface area contributed by atoms with Crippen molar-refractivity contribution in [2.75, 3.05) is 10.6 Å². The molecule has 4 aromatic rings. The minimum absolute atomic E-state index is 0.169. The van der Waals surface area contributed by atoms with Crippen molar-refractivity contribution in [2.24, 2.45) is 0 Å². The molecule has 0 atom stereocenters. The molecule has 0 aliphatic heterocycles. The lowest BCUT2D eigenvalue weighted by Gasteiger charge is -2.26. The zero-order valence-corrected chi connectivity index (χ0v) is 25.0. The van der Waals surface area contributed by atoms with Gasteiger partial charge in [-0.3, -0.25) is 9.78 Å². The minimum atomic E-state index is -5.08. The molecule has 1 amide bonds. The number of nitrogens with one attached hydrogen (secondary N) is 3. The van der Waals surface area contributed by atoms with Gasteiger partial charge in [0.25, 0.3) is 5.91 Å². The van der Waals surface area contributed by atoms with Crippen LogP contribution in [0.5, 0.6) is 0 Å². The fraction of sp³-hybridized carbons (Fsp3) is 0.379. The molecule has 11 nitrogen and oxygen atoms in total. The third-order valence-electron chi connectivity index (χ3n) is 6.32. The van der Waals surface area contributed by atoms with Crippen molar-refractivity contribution in [1.29, 1.82) is 0 Å². The van der Waals surface area contributed by atoms with E-state index >= 15 is 0 Å². The van der Waals surface area contributed by atoms with E-state index in [1.807, 2.05) is 51.1 Å². The molecule has 0 spiro atoms. The predicted molar refractivity (Wildman–Crippen MR) is 161 cm³/mol. The topological polar surface area (TPSA) is 162 Å². The van der Waals surface area contributed by atoms with Crippen molar-refractivity contribution in [3.63, 3.8) is 0 Å². The van der Waals surface area contributed by atoms with Gasteiger partial charge in [0.2, 0.25) is 0 Å². The number of aliphatic hydroxyl groups is 1. The predicted octanol–water partition coefficient (Wildman–Crippen LogP) is 5.77. The Kier molecular flexibility index (Phi) is 9.99. The average Bonchev–Trinajstić information content (AvgIpc) is 3.35. The quantitative estimate of drug-likeness (QED) is 0.177. The molecule has 1 aliphatic rings. The van der Waals surface area contributed by atoms with Crippen LogP contribution in [0.4, 0.5) is 29.9 Å². The third-order valence-corrected chi connectivity index (χ3v) is 7.20. The van der Waals surface area contributed by atoms with Gasteiger partial charge in [-0.15, -0.1) is 0 Å². The lowest BCUT2D eigenvalue weighted by Crippen LogP contribution is -2.40. The number of carbonyl (C=O) groups is 2. The van der Waals surface area contributed by atoms with E-state index in [2.05, 4.69) is 30.9 Å². The standard InChI is InChI=1S/C27H31N7O2S.C2HF3O2/c1-27(2,3)34-24(36)17-13-16(14-28-15-17)20-11-12-21-25(30-20)37-26(31-21)33-23-6-4-5-22(32-23)29-18-7-9-19(35)10-8-18;3-2(4,5)1(6)7/h4-6,11-15,18-19,35H,7-10H2,1-3H3,(H,34,36)(H2,29,31,32,33);(H,6,7)/t18-,19-;. The van der Waals surface area contributed by atoms with Crippen molar-refractivity contribution in [3.05, 3.63) is 54.4 Å². The van der Waals surface area contributed by atoms with Crippen LogP contribution >= 0.6 is 11.3 Å². The number of hydrogen-bond donors (Lipinski definition) is 5. The fourth-order valence-electron chi connectivity index (χ4n) is 4.27. The molecule has 234 valence electrons. The molecule has 1 aliphatic carbocycles. The van der Waals surface area contributed by atoms with Gasteiger partial charge in [-0.25, -0.2) is 19.7 Å². The van der Waals surface area contributed by atoms with E-state index < -0.39 is 12.1 Å². The van der Waals surface area contributed by atoms with Crippen LogP contribution in [-0.2, 0) is 4.79 Å². The molecule has 0 unspecified atom stereocenters. The number of aromatic nitrogens is 4. The van der Waals surface area contributed by atoms with E-state index in [1.54, 1.807) is 18.5 Å². The lowest BCUT2D eigenvalue weighted by molar-refractivity contribution is -0.192. The van der Waals surface area contributed by atoms with Gasteiger partial charge in [-0.2, -0.15) is 13.2 Å². The number of pyridine rings is 3. The Morgan fingerprint density at radius 3 is 2.30 bits per heavy atom. The highest BCUT2D eigenvalue weighted by atomic mass is 32.1. The zero-order valence-electron chi connectivity index (χ0n) is 24.1. The van der Waals surface area contributed by atoms with Crippen LogP contribution in [0.2, 0.25) is 0 Å². The number of nitrogens with zero attached hydrogens (tertiary/aromatic N) is 4. The Morgan fingerprint density at radius 1 is 0.955 bits per heavy atom. The zero-order chi connectivity index (χ0) is 32.1. The van der Waals surface area contributed by atoms with Crippen molar-refractivity contribution in [2.45, 2.75) is 70.3 Å². The molecule has 5 rings (SSSR count). The number of carboxylic acids is 1. The average molecular weight is 632 g/mol. The molecule has 15 heteroatoms. The molecular weight excluding hydrogens is 599 g/mol. The summed E-state index contributed by atoms with van der Waals surface area (Å²) in [5, 5.41) is 27.3. The number of thiazole rings is 1. The molecule has 5 N–H and O–H groups in total. The molecule has 0 aromatic carbocycles. The van der Waals surface area contributed by atoms with Crippen LogP contribution in [0.1, 0.15) is 56.8 Å². The number of aliphatic hydroxyl groups excluding tert-OH is 1.